The lowest BCUT2D eigenvalue weighted by Crippen LogP contribution is -2.44. The Hall–Kier alpha value is -2.44. The Morgan fingerprint density at radius 2 is 2.12 bits per heavy atom. The fourth-order valence-corrected chi connectivity index (χ4v) is 2.86. The summed E-state index contributed by atoms with van der Waals surface area (Å²) in [5.41, 5.74) is 0. The predicted octanol–water partition coefficient (Wildman–Crippen LogP) is 1.60. The summed E-state index contributed by atoms with van der Waals surface area (Å²) >= 11 is 0. The predicted molar refractivity (Wildman–Crippen MR) is 84.0 cm³/mol. The second-order valence-electron chi connectivity index (χ2n) is 5.73. The molecule has 1 aromatic carbocycles. The van der Waals surface area contributed by atoms with Gasteiger partial charge < -0.3 is 23.8 Å². The lowest BCUT2D eigenvalue weighted by atomic mass is 9.98. The van der Waals surface area contributed by atoms with Gasteiger partial charge in [0, 0.05) is 19.2 Å². The molecule has 0 N–H and O–H groups in total. The van der Waals surface area contributed by atoms with Crippen LogP contribution in [0, 0.1) is 5.92 Å². The third-order valence-corrected chi connectivity index (χ3v) is 4.10. The van der Waals surface area contributed by atoms with Crippen molar-refractivity contribution in [1.82, 2.24) is 4.90 Å². The van der Waals surface area contributed by atoms with E-state index < -0.39 is 0 Å². The van der Waals surface area contributed by atoms with Crippen LogP contribution in [-0.4, -0.2) is 49.9 Å². The van der Waals surface area contributed by atoms with Crippen molar-refractivity contribution in [2.45, 2.75) is 19.8 Å². The van der Waals surface area contributed by atoms with Crippen molar-refractivity contribution < 1.29 is 28.5 Å². The van der Waals surface area contributed by atoms with Crippen molar-refractivity contribution in [3.05, 3.63) is 18.2 Å². The minimum atomic E-state index is -0.242. The van der Waals surface area contributed by atoms with E-state index >= 15 is 0 Å². The first kappa shape index (κ1) is 16.4. The van der Waals surface area contributed by atoms with E-state index in [0.29, 0.717) is 36.9 Å². The maximum atomic E-state index is 12.3. The van der Waals surface area contributed by atoms with Crippen LogP contribution in [0.15, 0.2) is 18.2 Å². The molecule has 0 unspecified atom stereocenters. The van der Waals surface area contributed by atoms with Gasteiger partial charge in [0.05, 0.1) is 12.5 Å². The average molecular weight is 335 g/mol. The summed E-state index contributed by atoms with van der Waals surface area (Å²) in [5, 5.41) is 0. The monoisotopic (exact) mass is 335 g/mol. The SMILES string of the molecule is CCOC(=O)[C@H]1CCCN(C(=O)COc2ccc3c(c2)OCO3)C1. The van der Waals surface area contributed by atoms with E-state index in [0.717, 1.165) is 12.8 Å². The summed E-state index contributed by atoms with van der Waals surface area (Å²) in [6, 6.07) is 5.19. The smallest absolute Gasteiger partial charge is 0.310 e. The highest BCUT2D eigenvalue weighted by atomic mass is 16.7. The third kappa shape index (κ3) is 3.72. The van der Waals surface area contributed by atoms with Crippen LogP contribution in [0.25, 0.3) is 0 Å². The van der Waals surface area contributed by atoms with Gasteiger partial charge in [-0.25, -0.2) is 0 Å². The molecule has 0 saturated carbocycles. The normalized spacial score (nSPS) is 19.0. The van der Waals surface area contributed by atoms with E-state index in [9.17, 15) is 9.59 Å². The van der Waals surface area contributed by atoms with Crippen LogP contribution >= 0.6 is 0 Å². The Labute approximate surface area is 140 Å². The summed E-state index contributed by atoms with van der Waals surface area (Å²) in [5.74, 6) is 1.22. The molecule has 3 rings (SSSR count). The molecule has 0 aliphatic carbocycles. The largest absolute Gasteiger partial charge is 0.484 e. The van der Waals surface area contributed by atoms with Crippen LogP contribution in [0.2, 0.25) is 0 Å². The van der Waals surface area contributed by atoms with Gasteiger partial charge in [-0.15, -0.1) is 0 Å². The Kier molecular flexibility index (Phi) is 5.08. The van der Waals surface area contributed by atoms with Crippen LogP contribution < -0.4 is 14.2 Å². The Bertz CT molecular complexity index is 617. The highest BCUT2D eigenvalue weighted by Gasteiger charge is 2.29. The Balaban J connectivity index is 1.52. The van der Waals surface area contributed by atoms with Gasteiger partial charge >= 0.3 is 5.97 Å². The van der Waals surface area contributed by atoms with Crippen LogP contribution in [0.4, 0.5) is 0 Å². The maximum Gasteiger partial charge on any atom is 0.310 e. The molecule has 0 bridgehead atoms. The molecule has 1 fully saturated rings. The molecule has 2 heterocycles. The Morgan fingerprint density at radius 3 is 2.96 bits per heavy atom. The molecule has 1 atom stereocenters. The van der Waals surface area contributed by atoms with Gasteiger partial charge in [-0.1, -0.05) is 0 Å². The Morgan fingerprint density at radius 1 is 1.29 bits per heavy atom. The molecular formula is C17H21NO6. The van der Waals surface area contributed by atoms with Gasteiger partial charge in [-0.2, -0.15) is 0 Å². The molecule has 130 valence electrons. The molecule has 24 heavy (non-hydrogen) atoms. The van der Waals surface area contributed by atoms with Crippen molar-refractivity contribution in [2.75, 3.05) is 33.1 Å². The number of carbonyl (C=O) groups excluding carboxylic acids is 2. The fourth-order valence-electron chi connectivity index (χ4n) is 2.86. The number of fused-ring (bicyclic) bond motifs is 1. The highest BCUT2D eigenvalue weighted by Crippen LogP contribution is 2.35. The minimum Gasteiger partial charge on any atom is -0.484 e. The van der Waals surface area contributed by atoms with E-state index in [4.69, 9.17) is 18.9 Å². The van der Waals surface area contributed by atoms with Crippen molar-refractivity contribution in [3.8, 4) is 17.2 Å². The van der Waals surface area contributed by atoms with Crippen LogP contribution in [-0.2, 0) is 14.3 Å². The molecule has 2 aliphatic heterocycles. The van der Waals surface area contributed by atoms with Crippen molar-refractivity contribution >= 4 is 11.9 Å². The molecule has 0 radical (unpaired) electrons. The van der Waals surface area contributed by atoms with Crippen LogP contribution in [0.5, 0.6) is 17.2 Å². The summed E-state index contributed by atoms with van der Waals surface area (Å²) in [4.78, 5) is 25.8. The zero-order chi connectivity index (χ0) is 16.9. The number of amides is 1. The number of likely N-dealkylation sites (tertiary alicyclic amines) is 1. The number of hydrogen-bond donors (Lipinski definition) is 0. The van der Waals surface area contributed by atoms with Gasteiger partial charge in [-0.3, -0.25) is 9.59 Å². The molecule has 1 aromatic rings. The summed E-state index contributed by atoms with van der Waals surface area (Å²) < 4.78 is 21.1. The van der Waals surface area contributed by atoms with Gasteiger partial charge in [-0.05, 0) is 31.9 Å². The first-order valence-corrected chi connectivity index (χ1v) is 8.14. The topological polar surface area (TPSA) is 74.3 Å². The first-order valence-electron chi connectivity index (χ1n) is 8.14. The second kappa shape index (κ2) is 7.42. The van der Waals surface area contributed by atoms with Gasteiger partial charge in [0.1, 0.15) is 5.75 Å². The first-order chi connectivity index (χ1) is 11.7. The zero-order valence-electron chi connectivity index (χ0n) is 13.7. The maximum absolute atomic E-state index is 12.3. The molecule has 0 spiro atoms. The van der Waals surface area contributed by atoms with Crippen LogP contribution in [0.3, 0.4) is 0 Å². The quantitative estimate of drug-likeness (QED) is 0.761. The zero-order valence-corrected chi connectivity index (χ0v) is 13.7. The second-order valence-corrected chi connectivity index (χ2v) is 5.73. The van der Waals surface area contributed by atoms with Crippen LogP contribution in [0.1, 0.15) is 19.8 Å². The summed E-state index contributed by atoms with van der Waals surface area (Å²) in [6.45, 7) is 3.29. The fraction of sp³-hybridized carbons (Fsp3) is 0.529. The lowest BCUT2D eigenvalue weighted by Gasteiger charge is -2.31. The standard InChI is InChI=1S/C17H21NO6/c1-2-21-17(20)12-4-3-7-18(9-12)16(19)10-22-13-5-6-14-15(8-13)24-11-23-14/h5-6,8,12H,2-4,7,9-11H2,1H3/t12-/m0/s1. The van der Waals surface area contributed by atoms with Gasteiger partial charge in [0.25, 0.3) is 5.91 Å². The van der Waals surface area contributed by atoms with E-state index in [-0.39, 0.29) is 31.2 Å². The van der Waals surface area contributed by atoms with Crippen molar-refractivity contribution in [3.63, 3.8) is 0 Å². The molecule has 1 amide bonds. The number of benzene rings is 1. The van der Waals surface area contributed by atoms with Gasteiger partial charge in [0.15, 0.2) is 18.1 Å². The molecule has 1 saturated heterocycles. The van der Waals surface area contributed by atoms with Gasteiger partial charge in [0.2, 0.25) is 6.79 Å². The number of ether oxygens (including phenoxy) is 4. The molecule has 7 nitrogen and oxygen atoms in total. The molecule has 0 aromatic heterocycles. The lowest BCUT2D eigenvalue weighted by molar-refractivity contribution is -0.151. The van der Waals surface area contributed by atoms with E-state index in [1.54, 1.807) is 30.0 Å². The number of nitrogens with zero attached hydrogens (tertiary/aromatic N) is 1. The van der Waals surface area contributed by atoms with Crippen molar-refractivity contribution in [2.24, 2.45) is 5.92 Å². The summed E-state index contributed by atoms with van der Waals surface area (Å²) in [6.07, 6.45) is 1.55. The van der Waals surface area contributed by atoms with E-state index in [1.807, 2.05) is 0 Å². The molecule has 2 aliphatic rings. The average Bonchev–Trinajstić information content (AvgIpc) is 3.07. The number of carbonyl (C=O) groups is 2. The number of rotatable bonds is 5. The van der Waals surface area contributed by atoms with Crippen molar-refractivity contribution in [1.29, 1.82) is 0 Å². The molecule has 7 heteroatoms. The number of esters is 1. The number of hydrogen-bond acceptors (Lipinski definition) is 6. The number of piperidine rings is 1. The third-order valence-electron chi connectivity index (χ3n) is 4.10. The van der Waals surface area contributed by atoms with E-state index in [2.05, 4.69) is 0 Å². The van der Waals surface area contributed by atoms with E-state index in [1.165, 1.54) is 0 Å². The molecular weight excluding hydrogens is 314 g/mol. The summed E-state index contributed by atoms with van der Waals surface area (Å²) in [7, 11) is 0. The highest BCUT2D eigenvalue weighted by molar-refractivity contribution is 5.79. The minimum absolute atomic E-state index is 0.0742.